The van der Waals surface area contributed by atoms with E-state index in [1.165, 1.54) is 34.8 Å². The van der Waals surface area contributed by atoms with Crippen molar-refractivity contribution in [2.45, 2.75) is 0 Å². The highest BCUT2D eigenvalue weighted by Crippen LogP contribution is 2.30. The minimum absolute atomic E-state index is 0.0607. The van der Waals surface area contributed by atoms with Crippen LogP contribution in [0.5, 0.6) is 0 Å². The van der Waals surface area contributed by atoms with Gasteiger partial charge in [-0.25, -0.2) is 19.7 Å². The van der Waals surface area contributed by atoms with Crippen molar-refractivity contribution in [2.24, 2.45) is 0 Å². The molecule has 4 heterocycles. The number of aromatic nitrogens is 5. The molecular formula is C18H12Br2ClN7O3. The largest absolute Gasteiger partial charge is 0.318 e. The lowest BCUT2D eigenvalue weighted by atomic mass is 10.2. The maximum Gasteiger partial charge on any atom is 0.295 e. The van der Waals surface area contributed by atoms with Crippen molar-refractivity contribution >= 4 is 66.5 Å². The molecule has 13 heteroatoms. The van der Waals surface area contributed by atoms with Crippen molar-refractivity contribution in [3.63, 3.8) is 0 Å². The molecule has 31 heavy (non-hydrogen) atoms. The van der Waals surface area contributed by atoms with Crippen LogP contribution in [0.3, 0.4) is 0 Å². The van der Waals surface area contributed by atoms with Gasteiger partial charge in [0.15, 0.2) is 11.5 Å². The van der Waals surface area contributed by atoms with E-state index in [-0.39, 0.29) is 22.9 Å². The van der Waals surface area contributed by atoms with E-state index in [0.717, 1.165) is 0 Å². The van der Waals surface area contributed by atoms with Gasteiger partial charge in [0.2, 0.25) is 0 Å². The highest BCUT2D eigenvalue weighted by Gasteiger charge is 2.25. The summed E-state index contributed by atoms with van der Waals surface area (Å²) < 4.78 is 3.56. The Kier molecular flexibility index (Phi) is 6.05. The molecule has 4 rings (SSSR count). The highest BCUT2D eigenvalue weighted by molar-refractivity contribution is 9.10. The molecule has 4 aromatic heterocycles. The number of rotatable bonds is 5. The number of nitrogens with one attached hydrogen (secondary N) is 2. The molecule has 0 aromatic carbocycles. The Morgan fingerprint density at radius 2 is 1.97 bits per heavy atom. The number of hydroxylamine groups is 1. The smallest absolute Gasteiger partial charge is 0.295 e. The van der Waals surface area contributed by atoms with E-state index >= 15 is 0 Å². The van der Waals surface area contributed by atoms with Gasteiger partial charge in [0.1, 0.15) is 10.3 Å². The third-order valence-electron chi connectivity index (χ3n) is 4.13. The maximum absolute atomic E-state index is 13.2. The molecule has 0 aliphatic carbocycles. The van der Waals surface area contributed by atoms with Gasteiger partial charge >= 0.3 is 0 Å². The zero-order valence-corrected chi connectivity index (χ0v) is 19.6. The number of halogens is 3. The van der Waals surface area contributed by atoms with Gasteiger partial charge in [0.25, 0.3) is 11.8 Å². The van der Waals surface area contributed by atoms with E-state index in [1.807, 2.05) is 0 Å². The SMILES string of the molecule is CONC(=O)c1c(NC(=O)c2cc(Br)nn2-c2ncccc2Cl)c(Br)cc2ccnn12. The quantitative estimate of drug-likeness (QED) is 0.355. The van der Waals surface area contributed by atoms with E-state index in [4.69, 9.17) is 16.4 Å². The predicted molar refractivity (Wildman–Crippen MR) is 119 cm³/mol. The van der Waals surface area contributed by atoms with Crippen molar-refractivity contribution in [1.82, 2.24) is 29.9 Å². The molecular weight excluding hydrogens is 558 g/mol. The molecule has 0 fully saturated rings. The molecule has 0 unspecified atom stereocenters. The third kappa shape index (κ3) is 4.06. The predicted octanol–water partition coefficient (Wildman–Crippen LogP) is 3.64. The van der Waals surface area contributed by atoms with Crippen molar-refractivity contribution in [3.8, 4) is 5.82 Å². The average molecular weight is 570 g/mol. The zero-order chi connectivity index (χ0) is 22.1. The number of carbonyl (C=O) groups is 2. The summed E-state index contributed by atoms with van der Waals surface area (Å²) >= 11 is 12.9. The Bertz CT molecular complexity index is 1320. The fraction of sp³-hybridized carbons (Fsp3) is 0.0556. The summed E-state index contributed by atoms with van der Waals surface area (Å²) in [7, 11) is 1.31. The van der Waals surface area contributed by atoms with Gasteiger partial charge in [-0.2, -0.15) is 10.2 Å². The molecule has 2 amide bonds. The molecule has 0 atom stereocenters. The van der Waals surface area contributed by atoms with Crippen LogP contribution in [0.2, 0.25) is 5.02 Å². The van der Waals surface area contributed by atoms with Crippen LogP contribution < -0.4 is 10.8 Å². The van der Waals surface area contributed by atoms with Crippen LogP contribution in [0, 0.1) is 0 Å². The maximum atomic E-state index is 13.2. The van der Waals surface area contributed by atoms with Crippen molar-refractivity contribution in [2.75, 3.05) is 12.4 Å². The van der Waals surface area contributed by atoms with Gasteiger partial charge in [-0.1, -0.05) is 11.6 Å². The lowest BCUT2D eigenvalue weighted by Crippen LogP contribution is -2.28. The first-order valence-electron chi connectivity index (χ1n) is 8.58. The Labute approximate surface area is 196 Å². The molecule has 0 saturated heterocycles. The standard InChI is InChI=1S/C18H12Br2ClN7O3/c1-31-26-18(30)15-14(10(19)7-9-4-6-23-27(9)15)24-17(29)12-8-13(20)25-28(12)16-11(21)3-2-5-22-16/h2-8H,1H3,(H,24,29)(H,26,30). The van der Waals surface area contributed by atoms with E-state index in [2.05, 4.69) is 57.8 Å². The molecule has 2 N–H and O–H groups in total. The summed E-state index contributed by atoms with van der Waals surface area (Å²) in [4.78, 5) is 34.8. The molecule has 0 aliphatic heterocycles. The number of fused-ring (bicyclic) bond motifs is 1. The molecule has 4 aromatic rings. The first kappa shape index (κ1) is 21.4. The topological polar surface area (TPSA) is 115 Å². The van der Waals surface area contributed by atoms with Crippen LogP contribution in [-0.4, -0.2) is 43.3 Å². The highest BCUT2D eigenvalue weighted by atomic mass is 79.9. The Hall–Kier alpha value is -2.80. The van der Waals surface area contributed by atoms with Gasteiger partial charge in [-0.15, -0.1) is 0 Å². The second kappa shape index (κ2) is 8.75. The van der Waals surface area contributed by atoms with Crippen LogP contribution >= 0.6 is 43.5 Å². The van der Waals surface area contributed by atoms with Gasteiger partial charge in [0, 0.05) is 16.7 Å². The zero-order valence-electron chi connectivity index (χ0n) is 15.6. The van der Waals surface area contributed by atoms with E-state index < -0.39 is 11.8 Å². The van der Waals surface area contributed by atoms with Crippen molar-refractivity contribution < 1.29 is 14.4 Å². The van der Waals surface area contributed by atoms with Gasteiger partial charge in [0.05, 0.1) is 29.5 Å². The van der Waals surface area contributed by atoms with Crippen LogP contribution in [0.15, 0.2) is 51.8 Å². The Balaban J connectivity index is 1.80. The summed E-state index contributed by atoms with van der Waals surface area (Å²) in [6, 6.07) is 8.25. The van der Waals surface area contributed by atoms with Crippen LogP contribution in [0.4, 0.5) is 5.69 Å². The monoisotopic (exact) mass is 567 g/mol. The average Bonchev–Trinajstić information content (AvgIpc) is 3.35. The molecule has 0 spiro atoms. The number of hydrogen-bond donors (Lipinski definition) is 2. The number of carbonyl (C=O) groups excluding carboxylic acids is 2. The Morgan fingerprint density at radius 1 is 1.16 bits per heavy atom. The van der Waals surface area contributed by atoms with Crippen LogP contribution in [0.1, 0.15) is 21.0 Å². The van der Waals surface area contributed by atoms with Crippen molar-refractivity contribution in [3.05, 3.63) is 68.2 Å². The lowest BCUT2D eigenvalue weighted by molar-refractivity contribution is 0.0531. The summed E-state index contributed by atoms with van der Waals surface area (Å²) in [6.45, 7) is 0. The first-order chi connectivity index (χ1) is 14.9. The summed E-state index contributed by atoms with van der Waals surface area (Å²) in [5.74, 6) is -0.882. The fourth-order valence-electron chi connectivity index (χ4n) is 2.89. The van der Waals surface area contributed by atoms with Crippen LogP contribution in [-0.2, 0) is 4.84 Å². The molecule has 158 valence electrons. The second-order valence-corrected chi connectivity index (χ2v) is 8.12. The molecule has 10 nitrogen and oxygen atoms in total. The van der Waals surface area contributed by atoms with E-state index in [1.54, 1.807) is 24.3 Å². The molecule has 0 radical (unpaired) electrons. The lowest BCUT2D eigenvalue weighted by Gasteiger charge is -2.15. The number of hydrogen-bond acceptors (Lipinski definition) is 6. The summed E-state index contributed by atoms with van der Waals surface area (Å²) in [5.41, 5.74) is 3.27. The fourth-order valence-corrected chi connectivity index (χ4v) is 3.99. The van der Waals surface area contributed by atoms with Crippen LogP contribution in [0.25, 0.3) is 11.3 Å². The summed E-state index contributed by atoms with van der Waals surface area (Å²) in [6.07, 6.45) is 3.07. The minimum atomic E-state index is -0.602. The minimum Gasteiger partial charge on any atom is -0.318 e. The Morgan fingerprint density at radius 3 is 2.71 bits per heavy atom. The van der Waals surface area contributed by atoms with Crippen molar-refractivity contribution in [1.29, 1.82) is 0 Å². The number of pyridine rings is 2. The molecule has 0 saturated carbocycles. The van der Waals surface area contributed by atoms with Gasteiger partial charge in [-0.3, -0.25) is 14.4 Å². The van der Waals surface area contributed by atoms with Gasteiger partial charge < -0.3 is 5.32 Å². The second-order valence-electron chi connectivity index (χ2n) is 6.05. The first-order valence-corrected chi connectivity index (χ1v) is 10.5. The van der Waals surface area contributed by atoms with E-state index in [0.29, 0.717) is 19.6 Å². The van der Waals surface area contributed by atoms with Gasteiger partial charge in [-0.05, 0) is 56.1 Å². The molecule has 0 bridgehead atoms. The molecule has 0 aliphatic rings. The number of anilines is 1. The number of nitrogens with zero attached hydrogens (tertiary/aromatic N) is 5. The summed E-state index contributed by atoms with van der Waals surface area (Å²) in [5, 5.41) is 11.5. The third-order valence-corrected chi connectivity index (χ3v) is 5.44. The van der Waals surface area contributed by atoms with E-state index in [9.17, 15) is 9.59 Å². The number of amides is 2. The normalized spacial score (nSPS) is 11.0.